The lowest BCUT2D eigenvalue weighted by Gasteiger charge is -2.14. The molecule has 0 unspecified atom stereocenters. The minimum atomic E-state index is -4.80. The van der Waals surface area contributed by atoms with Crippen molar-refractivity contribution in [1.29, 1.82) is 0 Å². The predicted molar refractivity (Wildman–Crippen MR) is 78.7 cm³/mol. The van der Waals surface area contributed by atoms with Gasteiger partial charge in [0.1, 0.15) is 5.15 Å². The number of nitrogens with zero attached hydrogens (tertiary/aromatic N) is 1. The molecule has 0 radical (unpaired) electrons. The molecular weight excluding hydrogens is 364 g/mol. The Balaban J connectivity index is 2.44. The lowest BCUT2D eigenvalue weighted by Crippen LogP contribution is -2.20. The summed E-state index contributed by atoms with van der Waals surface area (Å²) in [5.41, 5.74) is -1.80. The second-order valence-electron chi connectivity index (χ2n) is 4.11. The van der Waals surface area contributed by atoms with Crippen LogP contribution in [0.1, 0.15) is 15.9 Å². The number of rotatable bonds is 2. The van der Waals surface area contributed by atoms with E-state index in [2.05, 4.69) is 10.3 Å². The average Bonchev–Trinajstić information content (AvgIpc) is 2.42. The van der Waals surface area contributed by atoms with E-state index in [-0.39, 0.29) is 5.69 Å². The highest BCUT2D eigenvalue weighted by Crippen LogP contribution is 2.37. The molecule has 1 aromatic carbocycles. The van der Waals surface area contributed by atoms with E-state index in [1.807, 2.05) is 0 Å². The highest BCUT2D eigenvalue weighted by atomic mass is 35.5. The van der Waals surface area contributed by atoms with Crippen LogP contribution in [0.5, 0.6) is 0 Å². The van der Waals surface area contributed by atoms with E-state index in [0.29, 0.717) is 11.2 Å². The maximum absolute atomic E-state index is 13.0. The van der Waals surface area contributed by atoms with Crippen molar-refractivity contribution < 1.29 is 18.0 Å². The summed E-state index contributed by atoms with van der Waals surface area (Å²) in [7, 11) is 0. The van der Waals surface area contributed by atoms with Crippen LogP contribution in [0.15, 0.2) is 30.5 Å². The Morgan fingerprint density at radius 3 is 2.23 bits per heavy atom. The van der Waals surface area contributed by atoms with Crippen LogP contribution in [-0.4, -0.2) is 10.9 Å². The average molecular weight is 370 g/mol. The molecule has 0 aliphatic rings. The van der Waals surface area contributed by atoms with Crippen LogP contribution < -0.4 is 5.32 Å². The summed E-state index contributed by atoms with van der Waals surface area (Å²) in [5.74, 6) is -1.05. The van der Waals surface area contributed by atoms with Crippen LogP contribution in [0.25, 0.3) is 0 Å². The fourth-order valence-electron chi connectivity index (χ4n) is 1.63. The first-order valence-corrected chi connectivity index (χ1v) is 6.81. The number of carbonyl (C=O) groups is 1. The van der Waals surface area contributed by atoms with E-state index in [4.69, 9.17) is 34.8 Å². The van der Waals surface area contributed by atoms with Crippen LogP contribution in [0.2, 0.25) is 15.2 Å². The minimum Gasteiger partial charge on any atom is -0.322 e. The summed E-state index contributed by atoms with van der Waals surface area (Å²) in [6, 6.07) is 5.82. The molecule has 2 aromatic rings. The van der Waals surface area contributed by atoms with Gasteiger partial charge in [-0.25, -0.2) is 4.98 Å². The zero-order valence-electron chi connectivity index (χ0n) is 10.5. The molecule has 22 heavy (non-hydrogen) atoms. The first kappa shape index (κ1) is 16.9. The van der Waals surface area contributed by atoms with Gasteiger partial charge in [0.2, 0.25) is 0 Å². The van der Waals surface area contributed by atoms with E-state index in [0.717, 1.165) is 0 Å². The molecule has 3 nitrogen and oxygen atoms in total. The molecule has 0 fully saturated rings. The van der Waals surface area contributed by atoms with Gasteiger partial charge in [-0.15, -0.1) is 0 Å². The van der Waals surface area contributed by atoms with Crippen LogP contribution >= 0.6 is 34.8 Å². The largest absolute Gasteiger partial charge is 0.418 e. The Morgan fingerprint density at radius 1 is 1.09 bits per heavy atom. The molecule has 2 rings (SSSR count). The number of aromatic nitrogens is 1. The number of pyridine rings is 1. The van der Waals surface area contributed by atoms with E-state index >= 15 is 0 Å². The summed E-state index contributed by atoms with van der Waals surface area (Å²) in [6.07, 6.45) is -4.33. The van der Waals surface area contributed by atoms with Gasteiger partial charge < -0.3 is 5.32 Å². The summed E-state index contributed by atoms with van der Waals surface area (Å²) in [5, 5.41) is 1.75. The van der Waals surface area contributed by atoms with Crippen LogP contribution in [-0.2, 0) is 6.18 Å². The van der Waals surface area contributed by atoms with Crippen molar-refractivity contribution in [2.45, 2.75) is 6.18 Å². The Kier molecular flexibility index (Phi) is 4.84. The van der Waals surface area contributed by atoms with E-state index in [1.165, 1.54) is 24.3 Å². The smallest absolute Gasteiger partial charge is 0.322 e. The minimum absolute atomic E-state index is 0.256. The topological polar surface area (TPSA) is 42.0 Å². The second-order valence-corrected chi connectivity index (χ2v) is 5.28. The molecule has 0 saturated heterocycles. The molecular formula is C13H6Cl3F3N2O. The molecule has 0 atom stereocenters. The molecule has 1 amide bonds. The van der Waals surface area contributed by atoms with Crippen molar-refractivity contribution in [3.63, 3.8) is 0 Å². The van der Waals surface area contributed by atoms with Crippen molar-refractivity contribution in [1.82, 2.24) is 4.98 Å². The summed E-state index contributed by atoms with van der Waals surface area (Å²) < 4.78 is 38.9. The quantitative estimate of drug-likeness (QED) is 0.729. The van der Waals surface area contributed by atoms with Crippen LogP contribution in [0.3, 0.4) is 0 Å². The number of anilines is 1. The molecule has 0 saturated carbocycles. The molecule has 0 aliphatic carbocycles. The fraction of sp³-hybridized carbons (Fsp3) is 0.0769. The molecule has 1 heterocycles. The van der Waals surface area contributed by atoms with Gasteiger partial charge in [-0.2, -0.15) is 13.2 Å². The van der Waals surface area contributed by atoms with Gasteiger partial charge in [-0.3, -0.25) is 4.79 Å². The number of amides is 1. The SMILES string of the molecule is O=C(Nc1ccc(Cl)cc1)c1c(C(F)(F)F)cnc(Cl)c1Cl. The van der Waals surface area contributed by atoms with Gasteiger partial charge in [0, 0.05) is 16.9 Å². The van der Waals surface area contributed by atoms with E-state index in [1.54, 1.807) is 0 Å². The van der Waals surface area contributed by atoms with E-state index in [9.17, 15) is 18.0 Å². The Labute approximate surface area is 138 Å². The van der Waals surface area contributed by atoms with Crippen LogP contribution in [0, 0.1) is 0 Å². The number of hydrogen-bond acceptors (Lipinski definition) is 2. The van der Waals surface area contributed by atoms with Crippen molar-refractivity contribution in [3.8, 4) is 0 Å². The van der Waals surface area contributed by atoms with Crippen molar-refractivity contribution >= 4 is 46.4 Å². The zero-order valence-corrected chi connectivity index (χ0v) is 12.8. The fourth-order valence-corrected chi connectivity index (χ4v) is 2.13. The van der Waals surface area contributed by atoms with Crippen molar-refractivity contribution in [3.05, 3.63) is 56.8 Å². The first-order valence-electron chi connectivity index (χ1n) is 5.68. The third kappa shape index (κ3) is 3.63. The maximum atomic E-state index is 13.0. The number of benzene rings is 1. The standard InChI is InChI=1S/C13H6Cl3F3N2O/c14-6-1-3-7(4-2-6)21-12(22)9-8(13(17,18)19)5-20-11(16)10(9)15/h1-5H,(H,21,22). The Morgan fingerprint density at radius 2 is 1.68 bits per heavy atom. The van der Waals surface area contributed by atoms with E-state index < -0.39 is 33.4 Å². The predicted octanol–water partition coefficient (Wildman–Crippen LogP) is 5.31. The highest BCUT2D eigenvalue weighted by molar-refractivity contribution is 6.43. The second kappa shape index (κ2) is 6.32. The highest BCUT2D eigenvalue weighted by Gasteiger charge is 2.37. The summed E-state index contributed by atoms with van der Waals surface area (Å²) >= 11 is 17.0. The molecule has 0 aliphatic heterocycles. The normalized spacial score (nSPS) is 11.4. The number of halogens is 6. The lowest BCUT2D eigenvalue weighted by molar-refractivity contribution is -0.138. The number of carbonyl (C=O) groups excluding carboxylic acids is 1. The molecule has 9 heteroatoms. The number of alkyl halides is 3. The summed E-state index contributed by atoms with van der Waals surface area (Å²) in [4.78, 5) is 15.4. The zero-order chi connectivity index (χ0) is 16.5. The number of hydrogen-bond donors (Lipinski definition) is 1. The monoisotopic (exact) mass is 368 g/mol. The van der Waals surface area contributed by atoms with Gasteiger partial charge in [0.25, 0.3) is 5.91 Å². The summed E-state index contributed by atoms with van der Waals surface area (Å²) in [6.45, 7) is 0. The Bertz CT molecular complexity index is 718. The molecule has 0 spiro atoms. The third-order valence-electron chi connectivity index (χ3n) is 2.61. The maximum Gasteiger partial charge on any atom is 0.418 e. The van der Waals surface area contributed by atoms with Gasteiger partial charge >= 0.3 is 6.18 Å². The van der Waals surface area contributed by atoms with Gasteiger partial charge in [0.15, 0.2) is 0 Å². The van der Waals surface area contributed by atoms with Crippen LogP contribution in [0.4, 0.5) is 18.9 Å². The van der Waals surface area contributed by atoms with Gasteiger partial charge in [-0.1, -0.05) is 34.8 Å². The molecule has 116 valence electrons. The number of nitrogens with one attached hydrogen (secondary N) is 1. The van der Waals surface area contributed by atoms with Gasteiger partial charge in [-0.05, 0) is 24.3 Å². The lowest BCUT2D eigenvalue weighted by atomic mass is 10.1. The Hall–Kier alpha value is -1.50. The third-order valence-corrected chi connectivity index (χ3v) is 3.61. The first-order chi connectivity index (χ1) is 10.2. The molecule has 1 aromatic heterocycles. The van der Waals surface area contributed by atoms with Crippen molar-refractivity contribution in [2.75, 3.05) is 5.32 Å². The van der Waals surface area contributed by atoms with Crippen molar-refractivity contribution in [2.24, 2.45) is 0 Å². The molecule has 0 bridgehead atoms. The molecule has 1 N–H and O–H groups in total. The van der Waals surface area contributed by atoms with Gasteiger partial charge in [0.05, 0.1) is 16.1 Å².